The molecule has 64 valence electrons. The van der Waals surface area contributed by atoms with Gasteiger partial charge in [0.1, 0.15) is 0 Å². The minimum absolute atomic E-state index is 0.243. The quantitative estimate of drug-likeness (QED) is 0.527. The molecule has 0 aliphatic heterocycles. The molecule has 0 aromatic carbocycles. The first kappa shape index (κ1) is 11.0. The fraction of sp³-hybridized carbons (Fsp3) is 0.500. The summed E-state index contributed by atoms with van der Waals surface area (Å²) in [5.41, 5.74) is 0.772. The van der Waals surface area contributed by atoms with Crippen LogP contribution in [0.1, 0.15) is 6.42 Å². The van der Waals surface area contributed by atoms with Crippen molar-refractivity contribution in [3.05, 3.63) is 24.8 Å². The fourth-order valence-electron chi connectivity index (χ4n) is 0.583. The topological polar surface area (TPSA) is 20.2 Å². The molecule has 0 saturated carbocycles. The molecule has 1 nitrogen and oxygen atoms in total. The van der Waals surface area contributed by atoms with Crippen LogP contribution in [0.4, 0.5) is 0 Å². The van der Waals surface area contributed by atoms with E-state index in [2.05, 4.69) is 13.2 Å². The van der Waals surface area contributed by atoms with E-state index in [1.807, 2.05) is 0 Å². The van der Waals surface area contributed by atoms with Crippen LogP contribution in [0.15, 0.2) is 24.8 Å². The Morgan fingerprint density at radius 2 is 2.18 bits per heavy atom. The molecule has 0 fully saturated rings. The van der Waals surface area contributed by atoms with E-state index in [9.17, 15) is 5.11 Å². The maximum atomic E-state index is 9.29. The molecule has 0 radical (unpaired) electrons. The second-order valence-corrected chi connectivity index (χ2v) is 3.17. The van der Waals surface area contributed by atoms with E-state index in [1.165, 1.54) is 0 Å². The summed E-state index contributed by atoms with van der Waals surface area (Å²) in [6.45, 7) is 7.16. The smallest absolute Gasteiger partial charge is 0.0755 e. The molecule has 2 atom stereocenters. The second-order valence-electron chi connectivity index (χ2n) is 2.30. The summed E-state index contributed by atoms with van der Waals surface area (Å²) in [6.07, 6.45) is 1.41. The van der Waals surface area contributed by atoms with Crippen LogP contribution in [-0.2, 0) is 0 Å². The van der Waals surface area contributed by atoms with Crippen molar-refractivity contribution in [3.63, 3.8) is 0 Å². The zero-order valence-electron chi connectivity index (χ0n) is 6.26. The van der Waals surface area contributed by atoms with Crippen molar-refractivity contribution < 1.29 is 5.11 Å². The van der Waals surface area contributed by atoms with Gasteiger partial charge in [0.25, 0.3) is 0 Å². The van der Waals surface area contributed by atoms with Crippen LogP contribution in [0.3, 0.4) is 0 Å². The number of rotatable bonds is 5. The van der Waals surface area contributed by atoms with Crippen LogP contribution in [0.2, 0.25) is 0 Å². The molecule has 3 heteroatoms. The highest BCUT2D eigenvalue weighted by Crippen LogP contribution is 2.13. The molecule has 2 unspecified atom stereocenters. The Kier molecular flexibility index (Phi) is 5.65. The summed E-state index contributed by atoms with van der Waals surface area (Å²) in [5.74, 6) is 0.243. The maximum Gasteiger partial charge on any atom is 0.0755 e. The Hall–Kier alpha value is 0.0200. The third kappa shape index (κ3) is 4.46. The Balaban J connectivity index is 3.76. The number of aliphatic hydroxyl groups excluding tert-OH is 1. The number of halogens is 2. The molecule has 0 aromatic rings. The minimum Gasteiger partial charge on any atom is -0.391 e. The summed E-state index contributed by atoms with van der Waals surface area (Å²) in [4.78, 5) is 0. The third-order valence-electron chi connectivity index (χ3n) is 1.32. The lowest BCUT2D eigenvalue weighted by atomic mass is 10.1. The fourth-order valence-corrected chi connectivity index (χ4v) is 0.877. The van der Waals surface area contributed by atoms with Crippen molar-refractivity contribution >= 4 is 23.2 Å². The van der Waals surface area contributed by atoms with Gasteiger partial charge in [0, 0.05) is 5.88 Å². The highest BCUT2D eigenvalue weighted by Gasteiger charge is 2.14. The highest BCUT2D eigenvalue weighted by molar-refractivity contribution is 6.28. The summed E-state index contributed by atoms with van der Waals surface area (Å²) in [5, 5.41) is 8.89. The number of aliphatic hydroxyl groups is 1. The summed E-state index contributed by atoms with van der Waals surface area (Å²) < 4.78 is 0. The van der Waals surface area contributed by atoms with Gasteiger partial charge in [-0.15, -0.1) is 23.2 Å². The van der Waals surface area contributed by atoms with E-state index in [4.69, 9.17) is 23.2 Å². The molecular weight excluding hydrogens is 183 g/mol. The number of allylic oxidation sites excluding steroid dienone is 1. The van der Waals surface area contributed by atoms with Gasteiger partial charge in [0.05, 0.1) is 11.5 Å². The average molecular weight is 195 g/mol. The van der Waals surface area contributed by atoms with Gasteiger partial charge in [-0.2, -0.15) is 0 Å². The summed E-state index contributed by atoms with van der Waals surface area (Å²) in [6, 6.07) is 0. The zero-order valence-corrected chi connectivity index (χ0v) is 7.78. The molecule has 0 aromatic heterocycles. The van der Waals surface area contributed by atoms with E-state index in [0.717, 1.165) is 5.57 Å². The SMILES string of the molecule is C=CC(=C)CC(O)C(Cl)CCl. The highest BCUT2D eigenvalue weighted by atomic mass is 35.5. The third-order valence-corrected chi connectivity index (χ3v) is 2.26. The van der Waals surface area contributed by atoms with Crippen LogP contribution in [0.25, 0.3) is 0 Å². The largest absolute Gasteiger partial charge is 0.391 e. The molecule has 0 rings (SSSR count). The molecule has 11 heavy (non-hydrogen) atoms. The first-order chi connectivity index (χ1) is 5.11. The van der Waals surface area contributed by atoms with Gasteiger partial charge in [-0.3, -0.25) is 0 Å². The van der Waals surface area contributed by atoms with Gasteiger partial charge in [-0.05, 0) is 6.42 Å². The van der Waals surface area contributed by atoms with Crippen molar-refractivity contribution in [1.29, 1.82) is 0 Å². The predicted molar refractivity (Wildman–Crippen MR) is 50.3 cm³/mol. The van der Waals surface area contributed by atoms with Crippen molar-refractivity contribution in [1.82, 2.24) is 0 Å². The van der Waals surface area contributed by atoms with Gasteiger partial charge >= 0.3 is 0 Å². The van der Waals surface area contributed by atoms with Gasteiger partial charge in [-0.1, -0.05) is 24.8 Å². The van der Waals surface area contributed by atoms with Crippen LogP contribution in [0.5, 0.6) is 0 Å². The molecule has 0 aliphatic rings. The van der Waals surface area contributed by atoms with Crippen LogP contribution in [0, 0.1) is 0 Å². The van der Waals surface area contributed by atoms with Gasteiger partial charge in [0.2, 0.25) is 0 Å². The monoisotopic (exact) mass is 194 g/mol. The Morgan fingerprint density at radius 3 is 2.55 bits per heavy atom. The Bertz CT molecular complexity index is 145. The first-order valence-corrected chi connectivity index (χ1v) is 4.27. The zero-order chi connectivity index (χ0) is 8.85. The standard InChI is InChI=1S/C8H12Cl2O/c1-3-6(2)4-8(11)7(10)5-9/h3,7-8,11H,1-2,4-5H2. The molecule has 0 spiro atoms. The number of alkyl halides is 2. The van der Waals surface area contributed by atoms with Crippen molar-refractivity contribution in [3.8, 4) is 0 Å². The van der Waals surface area contributed by atoms with Gasteiger partial charge in [0.15, 0.2) is 0 Å². The van der Waals surface area contributed by atoms with Crippen LogP contribution < -0.4 is 0 Å². The Labute approximate surface area is 77.3 Å². The maximum absolute atomic E-state index is 9.29. The molecule has 0 bridgehead atoms. The average Bonchev–Trinajstić information content (AvgIpc) is 2.02. The van der Waals surface area contributed by atoms with Gasteiger partial charge in [-0.25, -0.2) is 0 Å². The molecule has 0 aliphatic carbocycles. The summed E-state index contributed by atoms with van der Waals surface area (Å²) in [7, 11) is 0. The van der Waals surface area contributed by atoms with E-state index < -0.39 is 11.5 Å². The molecule has 0 saturated heterocycles. The Morgan fingerprint density at radius 1 is 1.64 bits per heavy atom. The van der Waals surface area contributed by atoms with E-state index >= 15 is 0 Å². The number of hydrogen-bond donors (Lipinski definition) is 1. The van der Waals surface area contributed by atoms with E-state index in [0.29, 0.717) is 6.42 Å². The van der Waals surface area contributed by atoms with Crippen molar-refractivity contribution in [2.75, 3.05) is 5.88 Å². The lowest BCUT2D eigenvalue weighted by molar-refractivity contribution is 0.176. The predicted octanol–water partition coefficient (Wildman–Crippen LogP) is 2.33. The summed E-state index contributed by atoms with van der Waals surface area (Å²) >= 11 is 11.1. The minimum atomic E-state index is -0.625. The number of hydrogen-bond acceptors (Lipinski definition) is 1. The van der Waals surface area contributed by atoms with Crippen molar-refractivity contribution in [2.24, 2.45) is 0 Å². The van der Waals surface area contributed by atoms with E-state index in [1.54, 1.807) is 6.08 Å². The van der Waals surface area contributed by atoms with Gasteiger partial charge < -0.3 is 5.11 Å². The lowest BCUT2D eigenvalue weighted by Crippen LogP contribution is -2.22. The molecule has 1 N–H and O–H groups in total. The molecule has 0 heterocycles. The molecular formula is C8H12Cl2O. The normalized spacial score (nSPS) is 15.5. The van der Waals surface area contributed by atoms with Crippen LogP contribution in [-0.4, -0.2) is 22.5 Å². The molecule has 0 amide bonds. The van der Waals surface area contributed by atoms with E-state index in [-0.39, 0.29) is 5.88 Å². The first-order valence-electron chi connectivity index (χ1n) is 3.30. The lowest BCUT2D eigenvalue weighted by Gasteiger charge is -2.13. The van der Waals surface area contributed by atoms with Crippen molar-refractivity contribution in [2.45, 2.75) is 17.9 Å². The van der Waals surface area contributed by atoms with Crippen LogP contribution >= 0.6 is 23.2 Å². The second kappa shape index (κ2) is 5.64.